The van der Waals surface area contributed by atoms with Crippen LogP contribution in [0.1, 0.15) is 90.9 Å². The van der Waals surface area contributed by atoms with Gasteiger partial charge in [-0.3, -0.25) is 0 Å². The van der Waals surface area contributed by atoms with Gasteiger partial charge < -0.3 is 18.9 Å². The normalized spacial score (nSPS) is 12.6. The van der Waals surface area contributed by atoms with Crippen molar-refractivity contribution in [3.05, 3.63) is 73.3 Å². The molecule has 0 aliphatic rings. The van der Waals surface area contributed by atoms with Crippen molar-refractivity contribution in [1.82, 2.24) is 19.9 Å². The summed E-state index contributed by atoms with van der Waals surface area (Å²) in [7, 11) is 0. The molecule has 4 rings (SSSR count). The smallest absolute Gasteiger partial charge is 0.472 e. The predicted molar refractivity (Wildman–Crippen MR) is 189 cm³/mol. The van der Waals surface area contributed by atoms with Crippen molar-refractivity contribution >= 4 is 5.97 Å². The summed E-state index contributed by atoms with van der Waals surface area (Å²) in [5.41, 5.74) is 0.911. The van der Waals surface area contributed by atoms with Gasteiger partial charge in [-0.15, -0.1) is 0 Å². The quantitative estimate of drug-likeness (QED) is 0.0339. The molecule has 0 fully saturated rings. The molecule has 1 atom stereocenters. The minimum absolute atomic E-state index is 0.266. The lowest BCUT2D eigenvalue weighted by Gasteiger charge is -2.26. The van der Waals surface area contributed by atoms with Crippen LogP contribution in [0.2, 0.25) is 0 Å². The molecule has 2 heterocycles. The third-order valence-corrected chi connectivity index (χ3v) is 8.11. The average Bonchev–Trinajstić information content (AvgIpc) is 3.15. The van der Waals surface area contributed by atoms with Crippen LogP contribution in [0.25, 0.3) is 22.8 Å². The Labute approximate surface area is 302 Å². The maximum absolute atomic E-state index is 15.4. The molecule has 0 amide bonds. The van der Waals surface area contributed by atoms with Crippen molar-refractivity contribution in [3.8, 4) is 45.8 Å². The van der Waals surface area contributed by atoms with Gasteiger partial charge >= 0.3 is 18.0 Å². The Morgan fingerprint density at radius 1 is 0.538 bits per heavy atom. The number of benzene rings is 2. The standard InChI is InChI=1S/C39H46F4N4O5/c1-3-5-7-9-11-13-23-49-33-25-44-35(45-26-33)29-15-19-31(20-16-29)51-37(48)38(40,39(41,42)43)52-32-21-17-30(18-22-32)36-46-27-34(28-47-36)50-24-14-12-10-8-6-4-2/h15-22,25-28H,3-14,23-24H2,1-2H3. The molecule has 0 aliphatic heterocycles. The number of carbonyl (C=O) groups excluding carboxylic acids is 1. The molecule has 0 spiro atoms. The molecule has 4 aromatic rings. The highest BCUT2D eigenvalue weighted by atomic mass is 19.4. The van der Waals surface area contributed by atoms with Crippen molar-refractivity contribution in [2.45, 2.75) is 103 Å². The largest absolute Gasteiger partial charge is 0.490 e. The lowest BCUT2D eigenvalue weighted by molar-refractivity contribution is -0.293. The van der Waals surface area contributed by atoms with Crippen LogP contribution < -0.4 is 18.9 Å². The molecule has 0 aliphatic carbocycles. The highest BCUT2D eigenvalue weighted by molar-refractivity contribution is 5.81. The number of rotatable bonds is 22. The van der Waals surface area contributed by atoms with Crippen LogP contribution in [0.5, 0.6) is 23.0 Å². The van der Waals surface area contributed by atoms with Crippen LogP contribution in [-0.2, 0) is 4.79 Å². The minimum Gasteiger partial charge on any atom is -0.490 e. The second kappa shape index (κ2) is 20.3. The van der Waals surface area contributed by atoms with Crippen LogP contribution in [0.15, 0.2) is 73.3 Å². The van der Waals surface area contributed by atoms with Crippen molar-refractivity contribution in [3.63, 3.8) is 0 Å². The van der Waals surface area contributed by atoms with Crippen LogP contribution in [0.4, 0.5) is 17.6 Å². The number of ether oxygens (including phenoxy) is 4. The van der Waals surface area contributed by atoms with E-state index in [1.54, 1.807) is 0 Å². The molecule has 0 N–H and O–H groups in total. The Kier molecular flexibility index (Phi) is 15.6. The van der Waals surface area contributed by atoms with E-state index in [0.29, 0.717) is 41.7 Å². The van der Waals surface area contributed by atoms with E-state index in [0.717, 1.165) is 44.2 Å². The molecule has 1 unspecified atom stereocenters. The Morgan fingerprint density at radius 3 is 1.33 bits per heavy atom. The minimum atomic E-state index is -5.76. The van der Waals surface area contributed by atoms with Crippen molar-refractivity contribution in [2.75, 3.05) is 13.2 Å². The summed E-state index contributed by atoms with van der Waals surface area (Å²) in [5.74, 6) is -6.42. The van der Waals surface area contributed by atoms with E-state index in [2.05, 4.69) is 38.5 Å². The molecule has 2 aromatic carbocycles. The summed E-state index contributed by atoms with van der Waals surface area (Å²) in [4.78, 5) is 29.6. The van der Waals surface area contributed by atoms with Gasteiger partial charge in [-0.2, -0.15) is 17.6 Å². The van der Waals surface area contributed by atoms with Gasteiger partial charge in [-0.1, -0.05) is 78.1 Å². The molecule has 280 valence electrons. The summed E-state index contributed by atoms with van der Waals surface area (Å²) in [6, 6.07) is 10.1. The first-order valence-corrected chi connectivity index (χ1v) is 17.9. The fourth-order valence-corrected chi connectivity index (χ4v) is 5.12. The highest BCUT2D eigenvalue weighted by Crippen LogP contribution is 2.38. The number of hydrogen-bond donors (Lipinski definition) is 0. The molecule has 0 saturated carbocycles. The van der Waals surface area contributed by atoms with E-state index in [1.165, 1.54) is 106 Å². The number of alkyl halides is 4. The molecule has 13 heteroatoms. The third-order valence-electron chi connectivity index (χ3n) is 8.11. The summed E-state index contributed by atoms with van der Waals surface area (Å²) in [6.07, 6.45) is 13.9. The number of halogens is 4. The van der Waals surface area contributed by atoms with Gasteiger partial charge in [0.1, 0.15) is 11.5 Å². The first kappa shape index (κ1) is 40.0. The average molecular weight is 727 g/mol. The molecule has 0 saturated heterocycles. The zero-order valence-corrected chi connectivity index (χ0v) is 29.7. The summed E-state index contributed by atoms with van der Waals surface area (Å²) < 4.78 is 77.9. The predicted octanol–water partition coefficient (Wildman–Crippen LogP) is 10.3. The second-order valence-corrected chi connectivity index (χ2v) is 12.4. The third kappa shape index (κ3) is 12.2. The van der Waals surface area contributed by atoms with Gasteiger partial charge in [0.2, 0.25) is 0 Å². The van der Waals surface area contributed by atoms with Crippen molar-refractivity contribution in [2.24, 2.45) is 0 Å². The Balaban J connectivity index is 1.29. The fourth-order valence-electron chi connectivity index (χ4n) is 5.12. The summed E-state index contributed by atoms with van der Waals surface area (Å²) >= 11 is 0. The van der Waals surface area contributed by atoms with Crippen LogP contribution in [-0.4, -0.2) is 51.2 Å². The van der Waals surface area contributed by atoms with E-state index < -0.39 is 23.7 Å². The van der Waals surface area contributed by atoms with Gasteiger partial charge in [-0.25, -0.2) is 24.7 Å². The molecular formula is C39H46F4N4O5. The first-order chi connectivity index (χ1) is 25.1. The first-order valence-electron chi connectivity index (χ1n) is 17.9. The number of aromatic nitrogens is 4. The van der Waals surface area contributed by atoms with Crippen molar-refractivity contribution < 1.29 is 41.3 Å². The lowest BCUT2D eigenvalue weighted by atomic mass is 10.1. The van der Waals surface area contributed by atoms with Crippen molar-refractivity contribution in [1.29, 1.82) is 0 Å². The van der Waals surface area contributed by atoms with Gasteiger partial charge in [-0.05, 0) is 61.4 Å². The molecular weight excluding hydrogens is 680 g/mol. The molecule has 9 nitrogen and oxygen atoms in total. The Morgan fingerprint density at radius 2 is 0.923 bits per heavy atom. The zero-order chi connectivity index (χ0) is 37.2. The zero-order valence-electron chi connectivity index (χ0n) is 29.7. The Bertz CT molecular complexity index is 1620. The summed E-state index contributed by atoms with van der Waals surface area (Å²) in [6.45, 7) is 5.44. The molecule has 2 aromatic heterocycles. The van der Waals surface area contributed by atoms with Gasteiger partial charge in [0.05, 0.1) is 38.0 Å². The van der Waals surface area contributed by atoms with E-state index in [1.807, 2.05) is 0 Å². The van der Waals surface area contributed by atoms with E-state index >= 15 is 4.39 Å². The molecule has 0 bridgehead atoms. The van der Waals surface area contributed by atoms with Gasteiger partial charge in [0.15, 0.2) is 23.1 Å². The number of nitrogens with zero attached hydrogens (tertiary/aromatic N) is 4. The molecule has 52 heavy (non-hydrogen) atoms. The van der Waals surface area contributed by atoms with E-state index in [-0.39, 0.29) is 11.6 Å². The Hall–Kier alpha value is -4.81. The monoisotopic (exact) mass is 726 g/mol. The maximum atomic E-state index is 15.4. The maximum Gasteiger partial charge on any atom is 0.472 e. The second-order valence-electron chi connectivity index (χ2n) is 12.4. The highest BCUT2D eigenvalue weighted by Gasteiger charge is 2.67. The SMILES string of the molecule is CCCCCCCCOc1cnc(-c2ccc(OC(=O)C(F)(Oc3ccc(-c4ncc(OCCCCCCCC)cn4)cc3)C(F)(F)F)cc2)nc1. The number of hydrogen-bond acceptors (Lipinski definition) is 9. The summed E-state index contributed by atoms with van der Waals surface area (Å²) in [5, 5.41) is 0. The number of esters is 1. The van der Waals surface area contributed by atoms with Gasteiger partial charge in [0.25, 0.3) is 0 Å². The fraction of sp³-hybridized carbons (Fsp3) is 0.462. The number of carbonyl (C=O) groups is 1. The molecule has 0 radical (unpaired) electrons. The topological polar surface area (TPSA) is 106 Å². The lowest BCUT2D eigenvalue weighted by Crippen LogP contribution is -2.54. The number of unbranched alkanes of at least 4 members (excludes halogenated alkanes) is 10. The van der Waals surface area contributed by atoms with Crippen LogP contribution >= 0.6 is 0 Å². The van der Waals surface area contributed by atoms with Crippen LogP contribution in [0, 0.1) is 0 Å². The van der Waals surface area contributed by atoms with Crippen LogP contribution in [0.3, 0.4) is 0 Å². The van der Waals surface area contributed by atoms with E-state index in [4.69, 9.17) is 14.2 Å². The van der Waals surface area contributed by atoms with Gasteiger partial charge in [0, 0.05) is 11.1 Å². The van der Waals surface area contributed by atoms with E-state index in [9.17, 15) is 18.0 Å².